The number of anilines is 1. The monoisotopic (exact) mass is 470 g/mol. The molecule has 1 aliphatic rings. The standard InChI is InChI=1S/C22H20BrFN4O2/c1-13-11-15(7-10-18(13)23)26-20(29)12-25-22(30)21-17-3-2-4-19(17)28(27-21)16-8-5-14(24)6-9-16/h5-11H,2-4,12H2,1H3,(H,25,30)(H,26,29). The van der Waals surface area contributed by atoms with E-state index in [-0.39, 0.29) is 18.3 Å². The number of nitrogens with one attached hydrogen (secondary N) is 2. The fourth-order valence-electron chi connectivity index (χ4n) is 3.59. The number of benzene rings is 2. The predicted octanol–water partition coefficient (Wildman–Crippen LogP) is 3.94. The third kappa shape index (κ3) is 4.14. The summed E-state index contributed by atoms with van der Waals surface area (Å²) in [7, 11) is 0. The second kappa shape index (κ2) is 8.39. The molecule has 0 fully saturated rings. The van der Waals surface area contributed by atoms with Crippen LogP contribution >= 0.6 is 15.9 Å². The van der Waals surface area contributed by atoms with Crippen molar-refractivity contribution in [3.8, 4) is 5.69 Å². The number of carbonyl (C=O) groups excluding carboxylic acids is 2. The maximum Gasteiger partial charge on any atom is 0.272 e. The lowest BCUT2D eigenvalue weighted by atomic mass is 10.2. The fourth-order valence-corrected chi connectivity index (χ4v) is 3.83. The highest BCUT2D eigenvalue weighted by Crippen LogP contribution is 2.28. The average Bonchev–Trinajstić information content (AvgIpc) is 3.32. The lowest BCUT2D eigenvalue weighted by Gasteiger charge is -2.08. The zero-order valence-corrected chi connectivity index (χ0v) is 17.9. The normalized spacial score (nSPS) is 12.5. The highest BCUT2D eigenvalue weighted by molar-refractivity contribution is 9.10. The molecule has 154 valence electrons. The predicted molar refractivity (Wildman–Crippen MR) is 115 cm³/mol. The van der Waals surface area contributed by atoms with Crippen LogP contribution in [0.3, 0.4) is 0 Å². The first-order valence-electron chi connectivity index (χ1n) is 9.63. The first-order valence-corrected chi connectivity index (χ1v) is 10.4. The summed E-state index contributed by atoms with van der Waals surface area (Å²) in [6, 6.07) is 11.5. The Morgan fingerprint density at radius 2 is 1.93 bits per heavy atom. The molecule has 8 heteroatoms. The van der Waals surface area contributed by atoms with Gasteiger partial charge in [-0.2, -0.15) is 5.10 Å². The largest absolute Gasteiger partial charge is 0.342 e. The zero-order valence-electron chi connectivity index (χ0n) is 16.3. The molecule has 0 spiro atoms. The van der Waals surface area contributed by atoms with Crippen LogP contribution in [0.2, 0.25) is 0 Å². The second-order valence-corrected chi connectivity index (χ2v) is 8.06. The number of hydrogen-bond donors (Lipinski definition) is 2. The van der Waals surface area contributed by atoms with E-state index < -0.39 is 5.91 Å². The SMILES string of the molecule is Cc1cc(NC(=O)CNC(=O)c2nn(-c3ccc(F)cc3)c3c2CCC3)ccc1Br. The summed E-state index contributed by atoms with van der Waals surface area (Å²) in [6.07, 6.45) is 2.48. The van der Waals surface area contributed by atoms with Gasteiger partial charge in [-0.3, -0.25) is 9.59 Å². The molecule has 0 bridgehead atoms. The van der Waals surface area contributed by atoms with Crippen LogP contribution in [0.4, 0.5) is 10.1 Å². The molecule has 2 N–H and O–H groups in total. The lowest BCUT2D eigenvalue weighted by Crippen LogP contribution is -2.33. The zero-order chi connectivity index (χ0) is 21.3. The molecule has 4 rings (SSSR count). The average molecular weight is 471 g/mol. The van der Waals surface area contributed by atoms with Crippen molar-refractivity contribution in [1.82, 2.24) is 15.1 Å². The van der Waals surface area contributed by atoms with Crippen molar-refractivity contribution in [2.75, 3.05) is 11.9 Å². The van der Waals surface area contributed by atoms with Gasteiger partial charge in [0.25, 0.3) is 5.91 Å². The van der Waals surface area contributed by atoms with Crippen LogP contribution in [0.15, 0.2) is 46.9 Å². The van der Waals surface area contributed by atoms with Gasteiger partial charge in [-0.25, -0.2) is 9.07 Å². The summed E-state index contributed by atoms with van der Waals surface area (Å²) in [5, 5.41) is 9.88. The van der Waals surface area contributed by atoms with E-state index in [0.29, 0.717) is 17.1 Å². The van der Waals surface area contributed by atoms with Crippen molar-refractivity contribution in [3.63, 3.8) is 0 Å². The molecule has 6 nitrogen and oxygen atoms in total. The van der Waals surface area contributed by atoms with Gasteiger partial charge in [-0.05, 0) is 74.2 Å². The molecular weight excluding hydrogens is 451 g/mol. The summed E-state index contributed by atoms with van der Waals surface area (Å²) < 4.78 is 15.9. The number of fused-ring (bicyclic) bond motifs is 1. The summed E-state index contributed by atoms with van der Waals surface area (Å²) in [5.41, 5.74) is 4.54. The third-order valence-electron chi connectivity index (χ3n) is 5.07. The van der Waals surface area contributed by atoms with E-state index in [1.54, 1.807) is 22.9 Å². The van der Waals surface area contributed by atoms with E-state index in [2.05, 4.69) is 31.7 Å². The van der Waals surface area contributed by atoms with Gasteiger partial charge < -0.3 is 10.6 Å². The summed E-state index contributed by atoms with van der Waals surface area (Å²) >= 11 is 3.42. The fraction of sp³-hybridized carbons (Fsp3) is 0.227. The molecule has 0 aliphatic heterocycles. The van der Waals surface area contributed by atoms with Crippen LogP contribution in [-0.4, -0.2) is 28.1 Å². The molecule has 0 radical (unpaired) electrons. The van der Waals surface area contributed by atoms with E-state index in [1.165, 1.54) is 12.1 Å². The molecule has 2 aromatic carbocycles. The van der Waals surface area contributed by atoms with E-state index in [0.717, 1.165) is 40.6 Å². The number of carbonyl (C=O) groups is 2. The van der Waals surface area contributed by atoms with Crippen LogP contribution < -0.4 is 10.6 Å². The van der Waals surface area contributed by atoms with Gasteiger partial charge in [0.2, 0.25) is 5.91 Å². The van der Waals surface area contributed by atoms with Crippen LogP contribution in [-0.2, 0) is 17.6 Å². The number of hydrogen-bond acceptors (Lipinski definition) is 3. The van der Waals surface area contributed by atoms with Crippen molar-refractivity contribution in [3.05, 3.63) is 75.3 Å². The lowest BCUT2D eigenvalue weighted by molar-refractivity contribution is -0.115. The Morgan fingerprint density at radius 1 is 1.17 bits per heavy atom. The maximum atomic E-state index is 13.2. The van der Waals surface area contributed by atoms with Crippen molar-refractivity contribution in [2.45, 2.75) is 26.2 Å². The summed E-state index contributed by atoms with van der Waals surface area (Å²) in [5.74, 6) is -1.04. The molecule has 2 amide bonds. The van der Waals surface area contributed by atoms with E-state index in [4.69, 9.17) is 0 Å². The highest BCUT2D eigenvalue weighted by atomic mass is 79.9. The van der Waals surface area contributed by atoms with Crippen molar-refractivity contribution in [2.24, 2.45) is 0 Å². The van der Waals surface area contributed by atoms with E-state index in [1.807, 2.05) is 19.1 Å². The van der Waals surface area contributed by atoms with Crippen LogP contribution in [0, 0.1) is 12.7 Å². The molecule has 1 heterocycles. The minimum atomic E-state index is -0.392. The Hall–Kier alpha value is -3.00. The van der Waals surface area contributed by atoms with Crippen LogP contribution in [0.25, 0.3) is 5.69 Å². The number of amides is 2. The summed E-state index contributed by atoms with van der Waals surface area (Å²) in [6.45, 7) is 1.77. The summed E-state index contributed by atoms with van der Waals surface area (Å²) in [4.78, 5) is 25.0. The third-order valence-corrected chi connectivity index (χ3v) is 5.96. The van der Waals surface area contributed by atoms with Gasteiger partial charge in [0.15, 0.2) is 5.69 Å². The van der Waals surface area contributed by atoms with Crippen LogP contribution in [0.1, 0.15) is 33.7 Å². The second-order valence-electron chi connectivity index (χ2n) is 7.21. The smallest absolute Gasteiger partial charge is 0.272 e. The van der Waals surface area contributed by atoms with Gasteiger partial charge in [0, 0.05) is 21.4 Å². The maximum absolute atomic E-state index is 13.2. The number of aryl methyl sites for hydroxylation is 1. The van der Waals surface area contributed by atoms with Crippen LogP contribution in [0.5, 0.6) is 0 Å². The Balaban J connectivity index is 1.46. The Morgan fingerprint density at radius 3 is 2.67 bits per heavy atom. The van der Waals surface area contributed by atoms with Gasteiger partial charge >= 0.3 is 0 Å². The van der Waals surface area contributed by atoms with E-state index in [9.17, 15) is 14.0 Å². The minimum absolute atomic E-state index is 0.161. The first-order chi connectivity index (χ1) is 14.4. The molecule has 1 aliphatic carbocycles. The van der Waals surface area contributed by atoms with Crippen molar-refractivity contribution < 1.29 is 14.0 Å². The molecule has 30 heavy (non-hydrogen) atoms. The number of aromatic nitrogens is 2. The molecule has 0 unspecified atom stereocenters. The van der Waals surface area contributed by atoms with Crippen molar-refractivity contribution >= 4 is 33.4 Å². The Kier molecular flexibility index (Phi) is 5.67. The van der Waals surface area contributed by atoms with Gasteiger partial charge in [0.1, 0.15) is 5.82 Å². The van der Waals surface area contributed by atoms with Gasteiger partial charge in [0.05, 0.1) is 12.2 Å². The first kappa shape index (κ1) is 20.3. The van der Waals surface area contributed by atoms with E-state index >= 15 is 0 Å². The topological polar surface area (TPSA) is 76.0 Å². The Bertz CT molecular complexity index is 1120. The van der Waals surface area contributed by atoms with Gasteiger partial charge in [-0.1, -0.05) is 15.9 Å². The number of nitrogens with zero attached hydrogens (tertiary/aromatic N) is 2. The molecule has 1 aromatic heterocycles. The molecule has 0 saturated heterocycles. The molecule has 3 aromatic rings. The molecule has 0 saturated carbocycles. The van der Waals surface area contributed by atoms with Gasteiger partial charge in [-0.15, -0.1) is 0 Å². The molecule has 0 atom stereocenters. The Labute approximate surface area is 181 Å². The minimum Gasteiger partial charge on any atom is -0.342 e. The number of rotatable bonds is 5. The number of halogens is 2. The quantitative estimate of drug-likeness (QED) is 0.592. The highest BCUT2D eigenvalue weighted by Gasteiger charge is 2.27. The molecular formula is C22H20BrFN4O2. The van der Waals surface area contributed by atoms with Crippen molar-refractivity contribution in [1.29, 1.82) is 0 Å².